The highest BCUT2D eigenvalue weighted by Crippen LogP contribution is 2.34. The standard InChI is InChI=1S/C16H32N2O3/c1-3-15-12-17-16(14-4-5-14)13-18(15)6-7-20-10-11-21-9-8-19-2/h14-17H,3-13H2,1-2H3. The highest BCUT2D eigenvalue weighted by molar-refractivity contribution is 4.94. The van der Waals surface area contributed by atoms with Crippen molar-refractivity contribution >= 4 is 0 Å². The van der Waals surface area contributed by atoms with Crippen LogP contribution in [-0.2, 0) is 14.2 Å². The van der Waals surface area contributed by atoms with E-state index >= 15 is 0 Å². The number of methoxy groups -OCH3 is 1. The van der Waals surface area contributed by atoms with Gasteiger partial charge in [0.2, 0.25) is 0 Å². The normalized spacial score (nSPS) is 27.1. The van der Waals surface area contributed by atoms with E-state index in [2.05, 4.69) is 17.1 Å². The Bertz CT molecular complexity index is 274. The Morgan fingerprint density at radius 2 is 1.76 bits per heavy atom. The predicted octanol–water partition coefficient (Wildman–Crippen LogP) is 1.13. The molecule has 0 aromatic heterocycles. The average molecular weight is 300 g/mol. The van der Waals surface area contributed by atoms with E-state index in [-0.39, 0.29) is 0 Å². The van der Waals surface area contributed by atoms with Gasteiger partial charge in [0.1, 0.15) is 0 Å². The third kappa shape index (κ3) is 6.20. The molecule has 1 aliphatic heterocycles. The third-order valence-corrected chi connectivity index (χ3v) is 4.55. The van der Waals surface area contributed by atoms with Crippen molar-refractivity contribution in [2.24, 2.45) is 5.92 Å². The van der Waals surface area contributed by atoms with Crippen molar-refractivity contribution in [1.29, 1.82) is 0 Å². The number of rotatable bonds is 11. The van der Waals surface area contributed by atoms with E-state index in [9.17, 15) is 0 Å². The maximum Gasteiger partial charge on any atom is 0.0701 e. The molecule has 0 spiro atoms. The fourth-order valence-electron chi connectivity index (χ4n) is 3.02. The van der Waals surface area contributed by atoms with Crippen LogP contribution in [0.15, 0.2) is 0 Å². The van der Waals surface area contributed by atoms with Crippen molar-refractivity contribution in [3.63, 3.8) is 0 Å². The van der Waals surface area contributed by atoms with E-state index in [1.165, 1.54) is 25.8 Å². The minimum absolute atomic E-state index is 0.651. The summed E-state index contributed by atoms with van der Waals surface area (Å²) >= 11 is 0. The maximum atomic E-state index is 5.69. The van der Waals surface area contributed by atoms with Gasteiger partial charge in [-0.1, -0.05) is 6.92 Å². The zero-order valence-corrected chi connectivity index (χ0v) is 13.7. The average Bonchev–Trinajstić information content (AvgIpc) is 3.34. The minimum Gasteiger partial charge on any atom is -0.382 e. The molecule has 0 aromatic carbocycles. The molecule has 0 aromatic rings. The molecule has 0 amide bonds. The van der Waals surface area contributed by atoms with Crippen molar-refractivity contribution in [2.75, 3.05) is 59.8 Å². The van der Waals surface area contributed by atoms with Crippen LogP contribution in [0.3, 0.4) is 0 Å². The summed E-state index contributed by atoms with van der Waals surface area (Å²) in [7, 11) is 1.69. The van der Waals surface area contributed by atoms with Gasteiger partial charge in [-0.3, -0.25) is 4.90 Å². The number of hydrogen-bond donors (Lipinski definition) is 1. The summed E-state index contributed by atoms with van der Waals surface area (Å²) in [6, 6.07) is 1.38. The molecule has 1 aliphatic carbocycles. The minimum atomic E-state index is 0.651. The second-order valence-electron chi connectivity index (χ2n) is 6.13. The van der Waals surface area contributed by atoms with Gasteiger partial charge < -0.3 is 19.5 Å². The number of hydrogen-bond acceptors (Lipinski definition) is 5. The quantitative estimate of drug-likeness (QED) is 0.579. The predicted molar refractivity (Wildman–Crippen MR) is 83.7 cm³/mol. The Morgan fingerprint density at radius 1 is 1.05 bits per heavy atom. The highest BCUT2D eigenvalue weighted by atomic mass is 16.5. The van der Waals surface area contributed by atoms with Crippen LogP contribution in [0.1, 0.15) is 26.2 Å². The van der Waals surface area contributed by atoms with E-state index in [1.807, 2.05) is 0 Å². The molecule has 2 unspecified atom stereocenters. The first-order valence-corrected chi connectivity index (χ1v) is 8.47. The first-order valence-electron chi connectivity index (χ1n) is 8.47. The van der Waals surface area contributed by atoms with E-state index in [0.29, 0.717) is 38.5 Å². The van der Waals surface area contributed by atoms with Gasteiger partial charge in [-0.15, -0.1) is 0 Å². The summed E-state index contributed by atoms with van der Waals surface area (Å²) in [4.78, 5) is 2.62. The lowest BCUT2D eigenvalue weighted by Gasteiger charge is -2.40. The molecule has 5 nitrogen and oxygen atoms in total. The molecule has 5 heteroatoms. The van der Waals surface area contributed by atoms with E-state index in [1.54, 1.807) is 7.11 Å². The molecule has 1 N–H and O–H groups in total. The SMILES string of the molecule is CCC1CNC(C2CC2)CN1CCOCCOCCOC. The monoisotopic (exact) mass is 300 g/mol. The van der Waals surface area contributed by atoms with Crippen LogP contribution in [-0.4, -0.2) is 76.8 Å². The van der Waals surface area contributed by atoms with E-state index in [4.69, 9.17) is 14.2 Å². The number of ether oxygens (including phenoxy) is 3. The van der Waals surface area contributed by atoms with E-state index in [0.717, 1.165) is 25.6 Å². The lowest BCUT2D eigenvalue weighted by Crippen LogP contribution is -2.57. The third-order valence-electron chi connectivity index (χ3n) is 4.55. The molecule has 1 saturated carbocycles. The lowest BCUT2D eigenvalue weighted by molar-refractivity contribution is 0.0117. The molecular formula is C16H32N2O3. The molecule has 21 heavy (non-hydrogen) atoms. The van der Waals surface area contributed by atoms with Crippen molar-refractivity contribution < 1.29 is 14.2 Å². The maximum absolute atomic E-state index is 5.69. The zero-order chi connectivity index (χ0) is 14.9. The molecule has 1 heterocycles. The molecule has 0 radical (unpaired) electrons. The van der Waals surface area contributed by atoms with Crippen molar-refractivity contribution in [2.45, 2.75) is 38.3 Å². The van der Waals surface area contributed by atoms with Crippen LogP contribution in [0, 0.1) is 5.92 Å². The molecule has 124 valence electrons. The summed E-state index contributed by atoms with van der Waals surface area (Å²) in [5.74, 6) is 0.931. The Morgan fingerprint density at radius 3 is 2.43 bits per heavy atom. The molecule has 2 fully saturated rings. The van der Waals surface area contributed by atoms with Gasteiger partial charge in [0, 0.05) is 38.8 Å². The molecular weight excluding hydrogens is 268 g/mol. The number of piperazine rings is 1. The first kappa shape index (κ1) is 17.2. The molecule has 2 atom stereocenters. The van der Waals surface area contributed by atoms with Gasteiger partial charge >= 0.3 is 0 Å². The Labute approximate surface area is 129 Å². The zero-order valence-electron chi connectivity index (χ0n) is 13.7. The van der Waals surface area contributed by atoms with Crippen molar-refractivity contribution in [1.82, 2.24) is 10.2 Å². The van der Waals surface area contributed by atoms with Crippen LogP contribution in [0.25, 0.3) is 0 Å². The second-order valence-corrected chi connectivity index (χ2v) is 6.13. The fraction of sp³-hybridized carbons (Fsp3) is 1.00. The van der Waals surface area contributed by atoms with Crippen LogP contribution in [0.5, 0.6) is 0 Å². The van der Waals surface area contributed by atoms with Gasteiger partial charge in [0.05, 0.1) is 33.0 Å². The highest BCUT2D eigenvalue weighted by Gasteiger charge is 2.36. The summed E-state index contributed by atoms with van der Waals surface area (Å²) < 4.78 is 16.0. The first-order chi connectivity index (χ1) is 10.3. The van der Waals surface area contributed by atoms with Gasteiger partial charge in [-0.25, -0.2) is 0 Å². The van der Waals surface area contributed by atoms with Gasteiger partial charge in [0.25, 0.3) is 0 Å². The van der Waals surface area contributed by atoms with Gasteiger partial charge in [0.15, 0.2) is 0 Å². The molecule has 2 rings (SSSR count). The van der Waals surface area contributed by atoms with Crippen molar-refractivity contribution in [3.8, 4) is 0 Å². The van der Waals surface area contributed by atoms with E-state index < -0.39 is 0 Å². The van der Waals surface area contributed by atoms with Gasteiger partial charge in [-0.2, -0.15) is 0 Å². The number of nitrogens with one attached hydrogen (secondary N) is 1. The fourth-order valence-corrected chi connectivity index (χ4v) is 3.02. The summed E-state index contributed by atoms with van der Waals surface area (Å²) in [5, 5.41) is 3.73. The topological polar surface area (TPSA) is 43.0 Å². The van der Waals surface area contributed by atoms with Crippen molar-refractivity contribution in [3.05, 3.63) is 0 Å². The van der Waals surface area contributed by atoms with Crippen LogP contribution >= 0.6 is 0 Å². The van der Waals surface area contributed by atoms with Crippen LogP contribution in [0.4, 0.5) is 0 Å². The van der Waals surface area contributed by atoms with Gasteiger partial charge in [-0.05, 0) is 25.2 Å². The molecule has 0 bridgehead atoms. The second kappa shape index (κ2) is 9.74. The Balaban J connectivity index is 1.54. The summed E-state index contributed by atoms with van der Waals surface area (Å²) in [6.45, 7) is 9.10. The Hall–Kier alpha value is -0.200. The Kier molecular flexibility index (Phi) is 7.96. The van der Waals surface area contributed by atoms with Crippen LogP contribution < -0.4 is 5.32 Å². The smallest absolute Gasteiger partial charge is 0.0701 e. The molecule has 1 saturated heterocycles. The lowest BCUT2D eigenvalue weighted by atomic mass is 10.0. The summed E-state index contributed by atoms with van der Waals surface area (Å²) in [5.41, 5.74) is 0. The molecule has 2 aliphatic rings. The summed E-state index contributed by atoms with van der Waals surface area (Å²) in [6.07, 6.45) is 4.04. The number of nitrogens with zero attached hydrogens (tertiary/aromatic N) is 1. The largest absolute Gasteiger partial charge is 0.382 e. The van der Waals surface area contributed by atoms with Crippen LogP contribution in [0.2, 0.25) is 0 Å².